The Labute approximate surface area is 115 Å². The molecule has 0 atom stereocenters. The zero-order valence-corrected chi connectivity index (χ0v) is 11.8. The molecule has 0 aromatic heterocycles. The third kappa shape index (κ3) is 2.90. The van der Waals surface area contributed by atoms with Crippen LogP contribution >= 0.6 is 0 Å². The fraction of sp³-hybridized carbons (Fsp3) is 0.294. The van der Waals surface area contributed by atoms with Crippen molar-refractivity contribution in [1.82, 2.24) is 0 Å². The minimum atomic E-state index is 0.649. The quantitative estimate of drug-likeness (QED) is 0.786. The Morgan fingerprint density at radius 3 is 2.16 bits per heavy atom. The van der Waals surface area contributed by atoms with Crippen LogP contribution in [0.15, 0.2) is 42.5 Å². The van der Waals surface area contributed by atoms with Gasteiger partial charge in [0.15, 0.2) is 0 Å². The summed E-state index contributed by atoms with van der Waals surface area (Å²) in [4.78, 5) is 0. The molecule has 0 bridgehead atoms. The van der Waals surface area contributed by atoms with Crippen molar-refractivity contribution in [1.29, 1.82) is 0 Å². The SMILES string of the molecule is CCOc1ccc(-c2ccccc2)c(OCC)c1C. The molecule has 2 heteroatoms. The van der Waals surface area contributed by atoms with E-state index >= 15 is 0 Å². The van der Waals surface area contributed by atoms with Gasteiger partial charge in [-0.1, -0.05) is 30.3 Å². The number of hydrogen-bond acceptors (Lipinski definition) is 2. The Bertz CT molecular complexity index is 532. The summed E-state index contributed by atoms with van der Waals surface area (Å²) in [7, 11) is 0. The predicted molar refractivity (Wildman–Crippen MR) is 79.0 cm³/mol. The van der Waals surface area contributed by atoms with Crippen molar-refractivity contribution in [2.24, 2.45) is 0 Å². The van der Waals surface area contributed by atoms with Crippen LogP contribution in [-0.2, 0) is 0 Å². The molecule has 0 heterocycles. The zero-order chi connectivity index (χ0) is 13.7. The van der Waals surface area contributed by atoms with Gasteiger partial charge in [0, 0.05) is 11.1 Å². The van der Waals surface area contributed by atoms with Crippen molar-refractivity contribution in [3.05, 3.63) is 48.0 Å². The average Bonchev–Trinajstić information content (AvgIpc) is 2.45. The molecule has 2 aromatic carbocycles. The van der Waals surface area contributed by atoms with Gasteiger partial charge in [-0.05, 0) is 38.5 Å². The highest BCUT2D eigenvalue weighted by molar-refractivity contribution is 5.73. The van der Waals surface area contributed by atoms with Crippen LogP contribution in [0, 0.1) is 6.92 Å². The van der Waals surface area contributed by atoms with Crippen LogP contribution in [0.25, 0.3) is 11.1 Å². The van der Waals surface area contributed by atoms with Crippen LogP contribution in [0.1, 0.15) is 19.4 Å². The van der Waals surface area contributed by atoms with Crippen LogP contribution in [0.5, 0.6) is 11.5 Å². The zero-order valence-electron chi connectivity index (χ0n) is 11.8. The lowest BCUT2D eigenvalue weighted by Gasteiger charge is -2.16. The molecule has 0 aliphatic carbocycles. The number of ether oxygens (including phenoxy) is 2. The highest BCUT2D eigenvalue weighted by atomic mass is 16.5. The molecule has 2 aromatic rings. The van der Waals surface area contributed by atoms with E-state index in [9.17, 15) is 0 Å². The molecular weight excluding hydrogens is 236 g/mol. The summed E-state index contributed by atoms with van der Waals surface area (Å²) in [6.45, 7) is 7.35. The summed E-state index contributed by atoms with van der Waals surface area (Å²) in [6.07, 6.45) is 0. The molecular formula is C17H20O2. The summed E-state index contributed by atoms with van der Waals surface area (Å²) in [5.41, 5.74) is 3.34. The molecule has 0 radical (unpaired) electrons. The minimum absolute atomic E-state index is 0.649. The Morgan fingerprint density at radius 2 is 1.53 bits per heavy atom. The molecule has 0 aliphatic heterocycles. The van der Waals surface area contributed by atoms with Crippen LogP contribution in [0.3, 0.4) is 0 Å². The van der Waals surface area contributed by atoms with E-state index in [1.54, 1.807) is 0 Å². The Balaban J connectivity index is 2.52. The van der Waals surface area contributed by atoms with Gasteiger partial charge in [-0.3, -0.25) is 0 Å². The van der Waals surface area contributed by atoms with Crippen LogP contribution < -0.4 is 9.47 Å². The van der Waals surface area contributed by atoms with Crippen molar-refractivity contribution in [3.8, 4) is 22.6 Å². The molecule has 0 saturated heterocycles. The molecule has 0 spiro atoms. The van der Waals surface area contributed by atoms with Crippen LogP contribution in [-0.4, -0.2) is 13.2 Å². The van der Waals surface area contributed by atoms with E-state index in [-0.39, 0.29) is 0 Å². The molecule has 0 N–H and O–H groups in total. The molecule has 0 fully saturated rings. The highest BCUT2D eigenvalue weighted by Crippen LogP contribution is 2.37. The smallest absolute Gasteiger partial charge is 0.133 e. The first-order valence-electron chi connectivity index (χ1n) is 6.72. The van der Waals surface area contributed by atoms with E-state index in [1.807, 2.05) is 45.0 Å². The topological polar surface area (TPSA) is 18.5 Å². The van der Waals surface area contributed by atoms with Crippen molar-refractivity contribution < 1.29 is 9.47 Å². The van der Waals surface area contributed by atoms with E-state index in [0.717, 1.165) is 28.2 Å². The van der Waals surface area contributed by atoms with Gasteiger partial charge in [-0.2, -0.15) is 0 Å². The van der Waals surface area contributed by atoms with Gasteiger partial charge in [0.2, 0.25) is 0 Å². The minimum Gasteiger partial charge on any atom is -0.493 e. The fourth-order valence-electron chi connectivity index (χ4n) is 2.16. The maximum atomic E-state index is 5.83. The molecule has 2 nitrogen and oxygen atoms in total. The highest BCUT2D eigenvalue weighted by Gasteiger charge is 2.13. The molecule has 2 rings (SSSR count). The van der Waals surface area contributed by atoms with Crippen LogP contribution in [0.4, 0.5) is 0 Å². The molecule has 0 amide bonds. The summed E-state index contributed by atoms with van der Waals surface area (Å²) < 4.78 is 11.5. The second kappa shape index (κ2) is 6.28. The summed E-state index contributed by atoms with van der Waals surface area (Å²) >= 11 is 0. The second-order valence-corrected chi connectivity index (χ2v) is 4.30. The summed E-state index contributed by atoms with van der Waals surface area (Å²) in [6, 6.07) is 14.4. The van der Waals surface area contributed by atoms with Crippen LogP contribution in [0.2, 0.25) is 0 Å². The lowest BCUT2D eigenvalue weighted by Crippen LogP contribution is -2.00. The number of hydrogen-bond donors (Lipinski definition) is 0. The van der Waals surface area contributed by atoms with Gasteiger partial charge in [-0.15, -0.1) is 0 Å². The molecule has 0 saturated carbocycles. The van der Waals surface area contributed by atoms with Crippen molar-refractivity contribution in [3.63, 3.8) is 0 Å². The van der Waals surface area contributed by atoms with E-state index < -0.39 is 0 Å². The van der Waals surface area contributed by atoms with Gasteiger partial charge < -0.3 is 9.47 Å². The molecule has 100 valence electrons. The van der Waals surface area contributed by atoms with Crippen molar-refractivity contribution >= 4 is 0 Å². The van der Waals surface area contributed by atoms with E-state index in [0.29, 0.717) is 13.2 Å². The normalized spacial score (nSPS) is 10.3. The summed E-state index contributed by atoms with van der Waals surface area (Å²) in [5.74, 6) is 1.81. The monoisotopic (exact) mass is 256 g/mol. The Morgan fingerprint density at radius 1 is 0.842 bits per heavy atom. The van der Waals surface area contributed by atoms with E-state index in [2.05, 4.69) is 18.2 Å². The summed E-state index contributed by atoms with van der Waals surface area (Å²) in [5, 5.41) is 0. The largest absolute Gasteiger partial charge is 0.493 e. The van der Waals surface area contributed by atoms with Gasteiger partial charge in [0.05, 0.1) is 13.2 Å². The standard InChI is InChI=1S/C17H20O2/c1-4-18-16-12-11-15(14-9-7-6-8-10-14)17(13(16)3)19-5-2/h6-12H,4-5H2,1-3H3. The Kier molecular flexibility index (Phi) is 4.45. The fourth-order valence-corrected chi connectivity index (χ4v) is 2.16. The number of rotatable bonds is 5. The van der Waals surface area contributed by atoms with Crippen molar-refractivity contribution in [2.75, 3.05) is 13.2 Å². The lowest BCUT2D eigenvalue weighted by atomic mass is 10.0. The third-order valence-corrected chi connectivity index (χ3v) is 3.03. The molecule has 0 aliphatic rings. The van der Waals surface area contributed by atoms with Gasteiger partial charge in [0.1, 0.15) is 11.5 Å². The third-order valence-electron chi connectivity index (χ3n) is 3.03. The maximum Gasteiger partial charge on any atom is 0.133 e. The Hall–Kier alpha value is -1.96. The first-order chi connectivity index (χ1) is 9.27. The van der Waals surface area contributed by atoms with E-state index in [4.69, 9.17) is 9.47 Å². The first-order valence-corrected chi connectivity index (χ1v) is 6.72. The van der Waals surface area contributed by atoms with Crippen molar-refractivity contribution in [2.45, 2.75) is 20.8 Å². The predicted octanol–water partition coefficient (Wildman–Crippen LogP) is 4.46. The average molecular weight is 256 g/mol. The maximum absolute atomic E-state index is 5.83. The van der Waals surface area contributed by atoms with E-state index in [1.165, 1.54) is 0 Å². The number of benzene rings is 2. The van der Waals surface area contributed by atoms with Gasteiger partial charge >= 0.3 is 0 Å². The molecule has 0 unspecified atom stereocenters. The first kappa shape index (κ1) is 13.5. The van der Waals surface area contributed by atoms with Gasteiger partial charge in [0.25, 0.3) is 0 Å². The van der Waals surface area contributed by atoms with Gasteiger partial charge in [-0.25, -0.2) is 0 Å². The lowest BCUT2D eigenvalue weighted by molar-refractivity contribution is 0.320. The second-order valence-electron chi connectivity index (χ2n) is 4.30. The molecule has 19 heavy (non-hydrogen) atoms.